The van der Waals surface area contributed by atoms with E-state index in [2.05, 4.69) is 37.9 Å². The molecule has 1 fully saturated rings. The van der Waals surface area contributed by atoms with E-state index >= 15 is 0 Å². The van der Waals surface area contributed by atoms with Crippen LogP contribution < -0.4 is 5.32 Å². The molecular weight excluding hydrogens is 184 g/mol. The minimum Gasteiger partial charge on any atom is -0.312 e. The Morgan fingerprint density at radius 3 is 2.33 bits per heavy atom. The quantitative estimate of drug-likeness (QED) is 0.665. The fraction of sp³-hybridized carbons (Fsp3) is 1.00. The zero-order chi connectivity index (χ0) is 11.3. The molecular formula is C13H28N2. The topological polar surface area (TPSA) is 15.3 Å². The number of hydrogen-bond donors (Lipinski definition) is 1. The average molecular weight is 212 g/mol. The molecule has 0 aromatic carbocycles. The predicted octanol–water partition coefficient (Wildman–Crippen LogP) is 2.49. The van der Waals surface area contributed by atoms with Gasteiger partial charge in [0.1, 0.15) is 0 Å². The molecule has 1 aliphatic rings. The molecule has 0 bridgehead atoms. The van der Waals surface area contributed by atoms with E-state index < -0.39 is 0 Å². The van der Waals surface area contributed by atoms with Crippen molar-refractivity contribution in [2.45, 2.75) is 59.0 Å². The van der Waals surface area contributed by atoms with Gasteiger partial charge in [0.25, 0.3) is 0 Å². The SMILES string of the molecule is CCC(NCCN(CC)C1CC1)C(C)C. The van der Waals surface area contributed by atoms with Gasteiger partial charge in [0.15, 0.2) is 0 Å². The number of nitrogens with zero attached hydrogens (tertiary/aromatic N) is 1. The third kappa shape index (κ3) is 4.52. The van der Waals surface area contributed by atoms with Crippen LogP contribution >= 0.6 is 0 Å². The molecule has 15 heavy (non-hydrogen) atoms. The lowest BCUT2D eigenvalue weighted by atomic mass is 10.0. The van der Waals surface area contributed by atoms with E-state index in [1.807, 2.05) is 0 Å². The van der Waals surface area contributed by atoms with Crippen LogP contribution in [0.1, 0.15) is 47.0 Å². The van der Waals surface area contributed by atoms with Gasteiger partial charge in [-0.15, -0.1) is 0 Å². The van der Waals surface area contributed by atoms with Gasteiger partial charge < -0.3 is 5.32 Å². The van der Waals surface area contributed by atoms with Crippen LogP contribution in [0.25, 0.3) is 0 Å². The molecule has 2 nitrogen and oxygen atoms in total. The zero-order valence-corrected chi connectivity index (χ0v) is 10.9. The van der Waals surface area contributed by atoms with E-state index in [-0.39, 0.29) is 0 Å². The maximum atomic E-state index is 3.67. The summed E-state index contributed by atoms with van der Waals surface area (Å²) < 4.78 is 0. The molecule has 1 unspecified atom stereocenters. The molecule has 0 amide bonds. The first-order valence-electron chi connectivity index (χ1n) is 6.66. The first kappa shape index (κ1) is 13.0. The molecule has 90 valence electrons. The van der Waals surface area contributed by atoms with Crippen molar-refractivity contribution in [3.8, 4) is 0 Å². The van der Waals surface area contributed by atoms with Crippen LogP contribution in [-0.2, 0) is 0 Å². The third-order valence-corrected chi connectivity index (χ3v) is 3.52. The molecule has 0 radical (unpaired) electrons. The van der Waals surface area contributed by atoms with Crippen molar-refractivity contribution in [1.29, 1.82) is 0 Å². The van der Waals surface area contributed by atoms with Crippen molar-refractivity contribution in [2.75, 3.05) is 19.6 Å². The van der Waals surface area contributed by atoms with E-state index in [9.17, 15) is 0 Å². The van der Waals surface area contributed by atoms with Gasteiger partial charge >= 0.3 is 0 Å². The Labute approximate surface area is 95.4 Å². The standard InChI is InChI=1S/C13H28N2/c1-5-13(11(3)4)14-9-10-15(6-2)12-7-8-12/h11-14H,5-10H2,1-4H3. The number of likely N-dealkylation sites (N-methyl/N-ethyl adjacent to an activating group) is 1. The Bertz CT molecular complexity index is 154. The Hall–Kier alpha value is -0.0800. The Morgan fingerprint density at radius 1 is 1.27 bits per heavy atom. The van der Waals surface area contributed by atoms with Gasteiger partial charge in [-0.25, -0.2) is 0 Å². The van der Waals surface area contributed by atoms with Gasteiger partial charge in [-0.1, -0.05) is 27.7 Å². The lowest BCUT2D eigenvalue weighted by Gasteiger charge is -2.24. The van der Waals surface area contributed by atoms with E-state index in [1.54, 1.807) is 0 Å². The van der Waals surface area contributed by atoms with Crippen molar-refractivity contribution in [2.24, 2.45) is 5.92 Å². The summed E-state index contributed by atoms with van der Waals surface area (Å²) in [5, 5.41) is 3.67. The molecule has 1 N–H and O–H groups in total. The molecule has 0 saturated heterocycles. The molecule has 0 spiro atoms. The lowest BCUT2D eigenvalue weighted by Crippen LogP contribution is -2.40. The lowest BCUT2D eigenvalue weighted by molar-refractivity contribution is 0.264. The van der Waals surface area contributed by atoms with Gasteiger partial charge in [0, 0.05) is 25.2 Å². The first-order chi connectivity index (χ1) is 7.19. The summed E-state index contributed by atoms with van der Waals surface area (Å²) in [5.41, 5.74) is 0. The Balaban J connectivity index is 2.12. The number of hydrogen-bond acceptors (Lipinski definition) is 2. The van der Waals surface area contributed by atoms with E-state index in [1.165, 1.54) is 32.4 Å². The van der Waals surface area contributed by atoms with Gasteiger partial charge in [-0.3, -0.25) is 4.90 Å². The fourth-order valence-electron chi connectivity index (χ4n) is 2.28. The van der Waals surface area contributed by atoms with Crippen molar-refractivity contribution in [3.05, 3.63) is 0 Å². The second kappa shape index (κ2) is 6.49. The van der Waals surface area contributed by atoms with Crippen molar-refractivity contribution in [1.82, 2.24) is 10.2 Å². The maximum absolute atomic E-state index is 3.67. The first-order valence-corrected chi connectivity index (χ1v) is 6.66. The van der Waals surface area contributed by atoms with Gasteiger partial charge in [0.05, 0.1) is 0 Å². The van der Waals surface area contributed by atoms with Crippen LogP contribution in [0.5, 0.6) is 0 Å². The zero-order valence-electron chi connectivity index (χ0n) is 10.9. The molecule has 1 atom stereocenters. The summed E-state index contributed by atoms with van der Waals surface area (Å²) in [5.74, 6) is 0.756. The molecule has 1 saturated carbocycles. The maximum Gasteiger partial charge on any atom is 0.0110 e. The van der Waals surface area contributed by atoms with E-state index in [0.717, 1.165) is 18.5 Å². The van der Waals surface area contributed by atoms with Crippen LogP contribution in [0.3, 0.4) is 0 Å². The van der Waals surface area contributed by atoms with Gasteiger partial charge in [-0.05, 0) is 31.7 Å². The Kier molecular flexibility index (Phi) is 5.62. The van der Waals surface area contributed by atoms with Gasteiger partial charge in [-0.2, -0.15) is 0 Å². The molecule has 0 heterocycles. The summed E-state index contributed by atoms with van der Waals surface area (Å²) in [6.45, 7) is 12.8. The van der Waals surface area contributed by atoms with Crippen LogP contribution in [0, 0.1) is 5.92 Å². The number of nitrogens with one attached hydrogen (secondary N) is 1. The highest BCUT2D eigenvalue weighted by atomic mass is 15.2. The molecule has 2 heteroatoms. The molecule has 0 aliphatic heterocycles. The smallest absolute Gasteiger partial charge is 0.0110 e. The van der Waals surface area contributed by atoms with Crippen LogP contribution in [0.15, 0.2) is 0 Å². The van der Waals surface area contributed by atoms with Crippen molar-refractivity contribution in [3.63, 3.8) is 0 Å². The van der Waals surface area contributed by atoms with E-state index in [4.69, 9.17) is 0 Å². The van der Waals surface area contributed by atoms with Crippen LogP contribution in [0.2, 0.25) is 0 Å². The monoisotopic (exact) mass is 212 g/mol. The molecule has 1 aliphatic carbocycles. The summed E-state index contributed by atoms with van der Waals surface area (Å²) in [4.78, 5) is 2.61. The summed E-state index contributed by atoms with van der Waals surface area (Å²) in [6, 6.07) is 1.61. The largest absolute Gasteiger partial charge is 0.312 e. The molecule has 0 aromatic heterocycles. The highest BCUT2D eigenvalue weighted by molar-refractivity contribution is 4.84. The highest BCUT2D eigenvalue weighted by Crippen LogP contribution is 2.25. The second-order valence-electron chi connectivity index (χ2n) is 5.07. The normalized spacial score (nSPS) is 18.8. The minimum atomic E-state index is 0.697. The molecule has 0 aromatic rings. The minimum absolute atomic E-state index is 0.697. The fourth-order valence-corrected chi connectivity index (χ4v) is 2.28. The van der Waals surface area contributed by atoms with E-state index in [0.29, 0.717) is 6.04 Å². The Morgan fingerprint density at radius 2 is 1.93 bits per heavy atom. The summed E-state index contributed by atoms with van der Waals surface area (Å²) in [7, 11) is 0. The third-order valence-electron chi connectivity index (χ3n) is 3.52. The second-order valence-corrected chi connectivity index (χ2v) is 5.07. The highest BCUT2D eigenvalue weighted by Gasteiger charge is 2.27. The molecule has 1 rings (SSSR count). The van der Waals surface area contributed by atoms with Crippen molar-refractivity contribution < 1.29 is 0 Å². The predicted molar refractivity (Wildman–Crippen MR) is 67.2 cm³/mol. The van der Waals surface area contributed by atoms with Crippen LogP contribution in [-0.4, -0.2) is 36.6 Å². The number of rotatable bonds is 8. The van der Waals surface area contributed by atoms with Crippen molar-refractivity contribution >= 4 is 0 Å². The van der Waals surface area contributed by atoms with Gasteiger partial charge in [0.2, 0.25) is 0 Å². The summed E-state index contributed by atoms with van der Waals surface area (Å²) in [6.07, 6.45) is 4.09. The van der Waals surface area contributed by atoms with Crippen LogP contribution in [0.4, 0.5) is 0 Å². The summed E-state index contributed by atoms with van der Waals surface area (Å²) >= 11 is 0. The average Bonchev–Trinajstić information content (AvgIpc) is 3.01.